The lowest BCUT2D eigenvalue weighted by Gasteiger charge is -2.48. The second-order valence-corrected chi connectivity index (χ2v) is 11.3. The highest BCUT2D eigenvalue weighted by molar-refractivity contribution is 5.58. The van der Waals surface area contributed by atoms with Crippen molar-refractivity contribution in [1.29, 1.82) is 0 Å². The third-order valence-electron chi connectivity index (χ3n) is 9.28. The van der Waals surface area contributed by atoms with E-state index >= 15 is 0 Å². The molecule has 2 unspecified atom stereocenters. The van der Waals surface area contributed by atoms with Crippen LogP contribution in [-0.2, 0) is 0 Å². The topological polar surface area (TPSA) is 18.5 Å². The van der Waals surface area contributed by atoms with Crippen LogP contribution in [0.2, 0.25) is 0 Å². The number of benzene rings is 1. The van der Waals surface area contributed by atoms with Crippen LogP contribution < -0.4 is 10.4 Å². The molecule has 4 aliphatic rings. The molecule has 172 valence electrons. The number of hydrazine groups is 1. The molecule has 3 nitrogen and oxygen atoms in total. The molecule has 3 fully saturated rings. The number of para-hydroxylation sites is 1. The lowest BCUT2D eigenvalue weighted by molar-refractivity contribution is 0.0454. The molecule has 3 heteroatoms. The molecule has 2 aliphatic carbocycles. The number of fused-ring (bicyclic) bond motifs is 3. The minimum absolute atomic E-state index is 0.504. The molecule has 1 N–H and O–H groups in total. The Hall–Kier alpha value is -1.06. The largest absolute Gasteiger partial charge is 0.308 e. The van der Waals surface area contributed by atoms with Crippen molar-refractivity contribution in [2.75, 3.05) is 31.2 Å². The molecule has 0 spiro atoms. The van der Waals surface area contributed by atoms with Crippen LogP contribution in [0.25, 0.3) is 0 Å². The first-order valence-electron chi connectivity index (χ1n) is 13.6. The van der Waals surface area contributed by atoms with Crippen LogP contribution in [0.3, 0.4) is 0 Å². The van der Waals surface area contributed by atoms with Gasteiger partial charge in [0, 0.05) is 6.54 Å². The SMILES string of the molecule is CCC1(CCN2N[C@@H](CCCN3CCCCC3)c3ccccc32)CC2CCCC(C2)C1. The zero-order chi connectivity index (χ0) is 21.1. The van der Waals surface area contributed by atoms with Gasteiger partial charge in [0.05, 0.1) is 11.7 Å². The van der Waals surface area contributed by atoms with Crippen LogP contribution in [-0.4, -0.2) is 31.1 Å². The van der Waals surface area contributed by atoms with E-state index in [9.17, 15) is 0 Å². The first kappa shape index (κ1) is 21.8. The number of nitrogens with zero attached hydrogens (tertiary/aromatic N) is 2. The fourth-order valence-electron chi connectivity index (χ4n) is 7.56. The van der Waals surface area contributed by atoms with Gasteiger partial charge in [-0.2, -0.15) is 0 Å². The molecule has 5 rings (SSSR count). The van der Waals surface area contributed by atoms with E-state index in [-0.39, 0.29) is 0 Å². The van der Waals surface area contributed by atoms with Gasteiger partial charge in [-0.3, -0.25) is 0 Å². The van der Waals surface area contributed by atoms with E-state index in [1.807, 2.05) is 0 Å². The summed E-state index contributed by atoms with van der Waals surface area (Å²) in [5.41, 5.74) is 7.52. The zero-order valence-corrected chi connectivity index (χ0v) is 20.0. The third kappa shape index (κ3) is 4.98. The van der Waals surface area contributed by atoms with E-state index in [0.717, 1.165) is 11.8 Å². The van der Waals surface area contributed by atoms with Crippen LogP contribution in [0.4, 0.5) is 5.69 Å². The first-order chi connectivity index (χ1) is 15.2. The van der Waals surface area contributed by atoms with Gasteiger partial charge in [0.25, 0.3) is 0 Å². The molecule has 3 atom stereocenters. The number of hydrogen-bond donors (Lipinski definition) is 1. The Labute approximate surface area is 190 Å². The van der Waals surface area contributed by atoms with Gasteiger partial charge < -0.3 is 9.91 Å². The standard InChI is InChI=1S/C28H45N3/c1-2-28(21-23-10-8-11-24(20-23)22-28)15-19-31-27-14-5-4-12-25(27)26(29-31)13-9-18-30-16-6-3-7-17-30/h4-5,12,14,23-24,26,29H,2-3,6-11,13,15-22H2,1H3/t23?,24?,26-,28?/m0/s1. The maximum Gasteiger partial charge on any atom is 0.0568 e. The Morgan fingerprint density at radius 2 is 1.74 bits per heavy atom. The van der Waals surface area contributed by atoms with Gasteiger partial charge in [0.1, 0.15) is 0 Å². The maximum absolute atomic E-state index is 3.94. The maximum atomic E-state index is 3.94. The second kappa shape index (κ2) is 9.83. The number of anilines is 1. The average Bonchev–Trinajstić information content (AvgIpc) is 3.16. The monoisotopic (exact) mass is 423 g/mol. The molecule has 0 aromatic heterocycles. The van der Waals surface area contributed by atoms with Crippen LogP contribution in [0, 0.1) is 17.3 Å². The van der Waals surface area contributed by atoms with Crippen LogP contribution >= 0.6 is 0 Å². The normalized spacial score (nSPS) is 33.5. The lowest BCUT2D eigenvalue weighted by atomic mass is 9.59. The molecular weight excluding hydrogens is 378 g/mol. The molecule has 31 heavy (non-hydrogen) atoms. The van der Waals surface area contributed by atoms with Gasteiger partial charge in [-0.15, -0.1) is 0 Å². The van der Waals surface area contributed by atoms with Crippen molar-refractivity contribution in [2.45, 2.75) is 96.4 Å². The van der Waals surface area contributed by atoms with Crippen LogP contribution in [0.15, 0.2) is 24.3 Å². The van der Waals surface area contributed by atoms with E-state index in [1.165, 1.54) is 121 Å². The van der Waals surface area contributed by atoms with E-state index < -0.39 is 0 Å². The Balaban J connectivity index is 1.19. The average molecular weight is 424 g/mol. The summed E-state index contributed by atoms with van der Waals surface area (Å²) in [7, 11) is 0. The quantitative estimate of drug-likeness (QED) is 0.501. The van der Waals surface area contributed by atoms with E-state index in [0.29, 0.717) is 11.5 Å². The summed E-state index contributed by atoms with van der Waals surface area (Å²) in [4.78, 5) is 2.69. The minimum Gasteiger partial charge on any atom is -0.308 e. The number of piperidine rings is 1. The Kier molecular flexibility index (Phi) is 6.90. The summed E-state index contributed by atoms with van der Waals surface area (Å²) < 4.78 is 0. The van der Waals surface area contributed by atoms with Crippen molar-refractivity contribution in [2.24, 2.45) is 17.3 Å². The van der Waals surface area contributed by atoms with Crippen molar-refractivity contribution >= 4 is 5.69 Å². The highest BCUT2D eigenvalue weighted by atomic mass is 15.5. The highest BCUT2D eigenvalue weighted by Crippen LogP contribution is 2.52. The predicted octanol–water partition coefficient (Wildman–Crippen LogP) is 6.71. The molecule has 1 aromatic rings. The molecule has 2 bridgehead atoms. The molecule has 1 saturated heterocycles. The summed E-state index contributed by atoms with van der Waals surface area (Å²) in [6.07, 6.45) is 18.6. The van der Waals surface area contributed by atoms with Crippen molar-refractivity contribution < 1.29 is 0 Å². The van der Waals surface area contributed by atoms with Crippen molar-refractivity contribution in [3.05, 3.63) is 29.8 Å². The molecule has 2 heterocycles. The number of nitrogens with one attached hydrogen (secondary N) is 1. The molecule has 0 amide bonds. The fraction of sp³-hybridized carbons (Fsp3) is 0.786. The first-order valence-corrected chi connectivity index (χ1v) is 13.6. The zero-order valence-electron chi connectivity index (χ0n) is 20.0. The highest BCUT2D eigenvalue weighted by Gasteiger charge is 2.41. The summed E-state index contributed by atoms with van der Waals surface area (Å²) in [6.45, 7) is 7.56. The summed E-state index contributed by atoms with van der Waals surface area (Å²) in [5, 5.41) is 2.53. The van der Waals surface area contributed by atoms with Crippen LogP contribution in [0.5, 0.6) is 0 Å². The molecule has 2 aliphatic heterocycles. The molecule has 1 aromatic carbocycles. The van der Waals surface area contributed by atoms with Crippen molar-refractivity contribution in [1.82, 2.24) is 10.3 Å². The minimum atomic E-state index is 0.504. The van der Waals surface area contributed by atoms with Gasteiger partial charge in [0.15, 0.2) is 0 Å². The van der Waals surface area contributed by atoms with Crippen LogP contribution in [0.1, 0.15) is 102 Å². The second-order valence-electron chi connectivity index (χ2n) is 11.3. The fourth-order valence-corrected chi connectivity index (χ4v) is 7.56. The smallest absolute Gasteiger partial charge is 0.0568 e. The van der Waals surface area contributed by atoms with Crippen molar-refractivity contribution in [3.63, 3.8) is 0 Å². The Morgan fingerprint density at radius 3 is 2.52 bits per heavy atom. The lowest BCUT2D eigenvalue weighted by Crippen LogP contribution is -2.41. The van der Waals surface area contributed by atoms with E-state index in [1.54, 1.807) is 0 Å². The van der Waals surface area contributed by atoms with Gasteiger partial charge in [-0.1, -0.05) is 57.2 Å². The van der Waals surface area contributed by atoms with E-state index in [4.69, 9.17) is 0 Å². The van der Waals surface area contributed by atoms with Crippen molar-refractivity contribution in [3.8, 4) is 0 Å². The molecule has 0 radical (unpaired) electrons. The van der Waals surface area contributed by atoms with Gasteiger partial charge in [-0.25, -0.2) is 5.43 Å². The van der Waals surface area contributed by atoms with E-state index in [2.05, 4.69) is 46.5 Å². The summed E-state index contributed by atoms with van der Waals surface area (Å²) in [5.74, 6) is 2.04. The van der Waals surface area contributed by atoms with Gasteiger partial charge in [-0.05, 0) is 99.9 Å². The summed E-state index contributed by atoms with van der Waals surface area (Å²) in [6, 6.07) is 9.68. The summed E-state index contributed by atoms with van der Waals surface area (Å²) >= 11 is 0. The Bertz CT molecular complexity index is 698. The predicted molar refractivity (Wildman–Crippen MR) is 131 cm³/mol. The number of hydrogen-bond acceptors (Lipinski definition) is 3. The molecule has 2 saturated carbocycles. The molecular formula is C28H45N3. The van der Waals surface area contributed by atoms with Gasteiger partial charge in [0.2, 0.25) is 0 Å². The Morgan fingerprint density at radius 1 is 0.968 bits per heavy atom. The third-order valence-corrected chi connectivity index (χ3v) is 9.28. The van der Waals surface area contributed by atoms with Gasteiger partial charge >= 0.3 is 0 Å². The number of rotatable bonds is 8. The number of likely N-dealkylation sites (tertiary alicyclic amines) is 1.